The number of para-hydroxylation sites is 1. The molecule has 2 aromatic rings. The van der Waals surface area contributed by atoms with Gasteiger partial charge in [-0.25, -0.2) is 0 Å². The Bertz CT molecular complexity index is 1020. The molecular formula is C25H26N2O3S. The van der Waals surface area contributed by atoms with Crippen LogP contribution in [0.5, 0.6) is 0 Å². The van der Waals surface area contributed by atoms with Gasteiger partial charge in [-0.1, -0.05) is 37.3 Å². The van der Waals surface area contributed by atoms with Crippen molar-refractivity contribution in [3.8, 4) is 0 Å². The first-order valence-electron chi connectivity index (χ1n) is 10.6. The van der Waals surface area contributed by atoms with E-state index in [0.717, 1.165) is 28.1 Å². The van der Waals surface area contributed by atoms with Crippen molar-refractivity contribution in [2.45, 2.75) is 38.0 Å². The zero-order chi connectivity index (χ0) is 22.0. The summed E-state index contributed by atoms with van der Waals surface area (Å²) in [7, 11) is 0. The van der Waals surface area contributed by atoms with Gasteiger partial charge in [0.2, 0.25) is 17.7 Å². The maximum Gasteiger partial charge on any atom is 0.238 e. The molecule has 1 fully saturated rings. The molecule has 1 saturated heterocycles. The van der Waals surface area contributed by atoms with Crippen LogP contribution in [0.15, 0.2) is 59.5 Å². The van der Waals surface area contributed by atoms with Gasteiger partial charge in [0.15, 0.2) is 0 Å². The Hall–Kier alpha value is -2.86. The number of aryl methyl sites for hydroxylation is 2. The Balaban J connectivity index is 1.38. The number of hydrogen-bond donors (Lipinski definition) is 1. The molecule has 0 unspecified atom stereocenters. The van der Waals surface area contributed by atoms with E-state index < -0.39 is 0 Å². The van der Waals surface area contributed by atoms with Crippen molar-refractivity contribution in [3.05, 3.63) is 65.7 Å². The summed E-state index contributed by atoms with van der Waals surface area (Å²) in [6.07, 6.45) is 6.10. The van der Waals surface area contributed by atoms with Crippen LogP contribution in [-0.4, -0.2) is 23.5 Å². The van der Waals surface area contributed by atoms with E-state index in [2.05, 4.69) is 12.2 Å². The lowest BCUT2D eigenvalue weighted by molar-refractivity contribution is -0.122. The molecule has 1 N–H and O–H groups in total. The van der Waals surface area contributed by atoms with E-state index >= 15 is 0 Å². The van der Waals surface area contributed by atoms with Crippen molar-refractivity contribution in [1.29, 1.82) is 0 Å². The summed E-state index contributed by atoms with van der Waals surface area (Å²) in [6.45, 7) is 4.07. The number of nitrogens with zero attached hydrogens (tertiary/aromatic N) is 1. The van der Waals surface area contributed by atoms with Gasteiger partial charge in [0.05, 0.1) is 23.3 Å². The van der Waals surface area contributed by atoms with Gasteiger partial charge in [-0.15, -0.1) is 11.8 Å². The minimum Gasteiger partial charge on any atom is -0.325 e. The SMILES string of the molecule is CCc1cccc(C)c1NC(=O)CSc1ccc(N2C(=O)[C@H]3CC=CC[C@@H]3C2=O)cc1. The highest BCUT2D eigenvalue weighted by Gasteiger charge is 2.47. The van der Waals surface area contributed by atoms with Crippen molar-refractivity contribution < 1.29 is 14.4 Å². The predicted octanol–water partition coefficient (Wildman–Crippen LogP) is 4.74. The van der Waals surface area contributed by atoms with Crippen molar-refractivity contribution in [1.82, 2.24) is 0 Å². The summed E-state index contributed by atoms with van der Waals surface area (Å²) in [5.41, 5.74) is 3.68. The standard InChI is InChI=1S/C25H26N2O3S/c1-3-17-8-6-7-16(2)23(17)26-22(28)15-31-19-13-11-18(12-14-19)27-24(29)20-9-4-5-10-21(20)25(27)30/h4-8,11-14,20-21H,3,9-10,15H2,1-2H3,(H,26,28)/t20-,21-/m0/s1. The number of carbonyl (C=O) groups excluding carboxylic acids is 3. The highest BCUT2D eigenvalue weighted by atomic mass is 32.2. The Labute approximate surface area is 186 Å². The van der Waals surface area contributed by atoms with Gasteiger partial charge in [-0.3, -0.25) is 19.3 Å². The van der Waals surface area contributed by atoms with Crippen molar-refractivity contribution in [3.63, 3.8) is 0 Å². The Morgan fingerprint density at radius 3 is 2.29 bits per heavy atom. The highest BCUT2D eigenvalue weighted by Crippen LogP contribution is 2.38. The minimum atomic E-state index is -0.232. The van der Waals surface area contributed by atoms with Crippen LogP contribution in [0.3, 0.4) is 0 Å². The second-order valence-electron chi connectivity index (χ2n) is 7.96. The topological polar surface area (TPSA) is 66.5 Å². The number of carbonyl (C=O) groups is 3. The first kappa shape index (κ1) is 21.4. The molecule has 6 heteroatoms. The first-order chi connectivity index (χ1) is 15.0. The Morgan fingerprint density at radius 1 is 1.03 bits per heavy atom. The van der Waals surface area contributed by atoms with E-state index in [1.165, 1.54) is 16.7 Å². The third-order valence-corrected chi connectivity index (χ3v) is 6.99. The Kier molecular flexibility index (Phi) is 6.28. The van der Waals surface area contributed by atoms with Crippen LogP contribution < -0.4 is 10.2 Å². The fourth-order valence-electron chi connectivity index (χ4n) is 4.27. The van der Waals surface area contributed by atoms with Gasteiger partial charge in [0.25, 0.3) is 0 Å². The van der Waals surface area contributed by atoms with Gasteiger partial charge < -0.3 is 5.32 Å². The molecule has 1 aliphatic heterocycles. The third kappa shape index (κ3) is 4.30. The van der Waals surface area contributed by atoms with Crippen LogP contribution in [0.4, 0.5) is 11.4 Å². The molecule has 0 radical (unpaired) electrons. The number of allylic oxidation sites excluding steroid dienone is 2. The molecule has 0 spiro atoms. The van der Waals surface area contributed by atoms with E-state index in [4.69, 9.17) is 0 Å². The monoisotopic (exact) mass is 434 g/mol. The molecular weight excluding hydrogens is 408 g/mol. The van der Waals surface area contributed by atoms with Gasteiger partial charge >= 0.3 is 0 Å². The van der Waals surface area contributed by atoms with E-state index in [9.17, 15) is 14.4 Å². The normalized spacial score (nSPS) is 20.1. The second-order valence-corrected chi connectivity index (χ2v) is 9.01. The lowest BCUT2D eigenvalue weighted by Gasteiger charge is -2.15. The van der Waals surface area contributed by atoms with Gasteiger partial charge in [0.1, 0.15) is 0 Å². The number of anilines is 2. The summed E-state index contributed by atoms with van der Waals surface area (Å²) in [5, 5.41) is 3.03. The number of nitrogens with one attached hydrogen (secondary N) is 1. The smallest absolute Gasteiger partial charge is 0.238 e. The van der Waals surface area contributed by atoms with E-state index in [1.54, 1.807) is 12.1 Å². The van der Waals surface area contributed by atoms with Gasteiger partial charge in [0, 0.05) is 10.6 Å². The van der Waals surface area contributed by atoms with Gasteiger partial charge in [-0.05, 0) is 61.6 Å². The van der Waals surface area contributed by atoms with Crippen LogP contribution in [-0.2, 0) is 20.8 Å². The predicted molar refractivity (Wildman–Crippen MR) is 124 cm³/mol. The fraction of sp³-hybridized carbons (Fsp3) is 0.320. The molecule has 1 aliphatic carbocycles. The zero-order valence-electron chi connectivity index (χ0n) is 17.8. The van der Waals surface area contributed by atoms with Crippen molar-refractivity contribution >= 4 is 40.9 Å². The molecule has 4 rings (SSSR count). The largest absolute Gasteiger partial charge is 0.325 e. The molecule has 2 atom stereocenters. The number of imide groups is 1. The lowest BCUT2D eigenvalue weighted by Crippen LogP contribution is -2.30. The minimum absolute atomic E-state index is 0.0560. The van der Waals surface area contributed by atoms with E-state index in [0.29, 0.717) is 18.5 Å². The van der Waals surface area contributed by atoms with E-state index in [-0.39, 0.29) is 35.3 Å². The van der Waals surface area contributed by atoms with E-state index in [1.807, 2.05) is 49.4 Å². The molecule has 0 bridgehead atoms. The maximum absolute atomic E-state index is 12.7. The number of benzene rings is 2. The summed E-state index contributed by atoms with van der Waals surface area (Å²) in [6, 6.07) is 13.3. The van der Waals surface area contributed by atoms with Gasteiger partial charge in [-0.2, -0.15) is 0 Å². The molecule has 31 heavy (non-hydrogen) atoms. The average molecular weight is 435 g/mol. The average Bonchev–Trinajstić information content (AvgIpc) is 3.04. The number of amides is 3. The number of rotatable bonds is 6. The molecule has 5 nitrogen and oxygen atoms in total. The molecule has 160 valence electrons. The molecule has 3 amide bonds. The van der Waals surface area contributed by atoms with Crippen LogP contribution in [0.2, 0.25) is 0 Å². The quantitative estimate of drug-likeness (QED) is 0.405. The van der Waals surface area contributed by atoms with Crippen LogP contribution in [0.1, 0.15) is 30.9 Å². The van der Waals surface area contributed by atoms with Crippen molar-refractivity contribution in [2.75, 3.05) is 16.0 Å². The molecule has 2 aliphatic rings. The lowest BCUT2D eigenvalue weighted by atomic mass is 9.85. The molecule has 0 aromatic heterocycles. The number of thioether (sulfide) groups is 1. The summed E-state index contributed by atoms with van der Waals surface area (Å²) in [5.74, 6) is -0.448. The molecule has 1 heterocycles. The zero-order valence-corrected chi connectivity index (χ0v) is 18.6. The Morgan fingerprint density at radius 2 is 1.68 bits per heavy atom. The van der Waals surface area contributed by atoms with Crippen LogP contribution in [0.25, 0.3) is 0 Å². The van der Waals surface area contributed by atoms with Crippen LogP contribution >= 0.6 is 11.8 Å². The maximum atomic E-state index is 12.7. The summed E-state index contributed by atoms with van der Waals surface area (Å²) < 4.78 is 0. The molecule has 2 aromatic carbocycles. The second kappa shape index (κ2) is 9.10. The third-order valence-electron chi connectivity index (χ3n) is 5.98. The fourth-order valence-corrected chi connectivity index (χ4v) is 4.97. The number of hydrogen-bond acceptors (Lipinski definition) is 4. The van der Waals surface area contributed by atoms with Crippen LogP contribution in [0, 0.1) is 18.8 Å². The van der Waals surface area contributed by atoms with Crippen molar-refractivity contribution in [2.24, 2.45) is 11.8 Å². The first-order valence-corrected chi connectivity index (χ1v) is 11.6. The highest BCUT2D eigenvalue weighted by molar-refractivity contribution is 8.00. The number of fused-ring (bicyclic) bond motifs is 1. The molecule has 0 saturated carbocycles. The summed E-state index contributed by atoms with van der Waals surface area (Å²) in [4.78, 5) is 40.2. The summed E-state index contributed by atoms with van der Waals surface area (Å²) >= 11 is 1.43.